The molecule has 8 N–H and O–H groups in total. The van der Waals surface area contributed by atoms with Crippen molar-refractivity contribution in [1.82, 2.24) is 24.7 Å². The first kappa shape index (κ1) is 40.7. The van der Waals surface area contributed by atoms with E-state index in [2.05, 4.69) is 10.6 Å². The Labute approximate surface area is 322 Å². The standard InChI is InChI=1S/C32H33BClFN5O14PS/c34-24-22(15-21(35)26(41)27(24)42)56(52,53)38-10-8-18(9-11-38)39-12-13-40(32(39)47)31(46)37-25(16-4-6-19(7-5-16)55(49,50)51)29(43)36-23-14-17-2-1-3-20(30(44)45)28(17)54-33(23)48/h1-7,15,18,23,25,41-42,48H,8-14H2,(H,36,43)(H,37,46)(H,44,45)(H2,49,50,51)/t23-,25+/m0/s1. The van der Waals surface area contributed by atoms with Crippen LogP contribution in [0.5, 0.6) is 17.2 Å². The maximum atomic E-state index is 14.1. The number of sulfonamides is 1. The lowest BCUT2D eigenvalue weighted by Crippen LogP contribution is -2.56. The lowest BCUT2D eigenvalue weighted by Gasteiger charge is -2.36. The maximum Gasteiger partial charge on any atom is 0.547 e. The highest BCUT2D eigenvalue weighted by Gasteiger charge is 2.43. The van der Waals surface area contributed by atoms with E-state index < -0.39 is 93.9 Å². The number of phenols is 2. The number of carbonyl (C=O) groups is 4. The minimum absolute atomic E-state index is 0.0315. The van der Waals surface area contributed by atoms with Gasteiger partial charge in [-0.05, 0) is 54.7 Å². The highest BCUT2D eigenvalue weighted by molar-refractivity contribution is 7.89. The average Bonchev–Trinajstić information content (AvgIpc) is 3.54. The van der Waals surface area contributed by atoms with E-state index in [1.165, 1.54) is 29.2 Å². The second-order valence-electron chi connectivity index (χ2n) is 13.1. The number of phenolic OH excluding ortho intramolecular Hbond substituents is 2. The van der Waals surface area contributed by atoms with E-state index in [4.69, 9.17) is 16.3 Å². The van der Waals surface area contributed by atoms with Gasteiger partial charge in [-0.3, -0.25) is 9.36 Å². The molecule has 3 aliphatic heterocycles. The molecule has 2 fully saturated rings. The Bertz CT molecular complexity index is 2260. The quantitative estimate of drug-likeness (QED) is 0.0844. The molecule has 0 radical (unpaired) electrons. The Morgan fingerprint density at radius 3 is 2.30 bits per heavy atom. The number of hydrogen-bond donors (Lipinski definition) is 8. The van der Waals surface area contributed by atoms with Crippen LogP contribution in [0.3, 0.4) is 0 Å². The summed E-state index contributed by atoms with van der Waals surface area (Å²) in [4.78, 5) is 73.2. The van der Waals surface area contributed by atoms with E-state index in [9.17, 15) is 66.7 Å². The third kappa shape index (κ3) is 7.86. The molecule has 3 aliphatic rings. The number of amides is 5. The van der Waals surface area contributed by atoms with Crippen LogP contribution in [-0.4, -0.2) is 122 Å². The van der Waals surface area contributed by atoms with Crippen LogP contribution < -0.4 is 20.6 Å². The number of aromatic hydroxyl groups is 2. The molecule has 56 heavy (non-hydrogen) atoms. The van der Waals surface area contributed by atoms with Crippen LogP contribution in [0.25, 0.3) is 0 Å². The lowest BCUT2D eigenvalue weighted by molar-refractivity contribution is -0.123. The minimum atomic E-state index is -4.70. The highest BCUT2D eigenvalue weighted by atomic mass is 35.5. The number of carbonyl (C=O) groups excluding carboxylic acids is 3. The van der Waals surface area contributed by atoms with Gasteiger partial charge in [-0.1, -0.05) is 35.9 Å². The van der Waals surface area contributed by atoms with Crippen molar-refractivity contribution < 1.29 is 71.3 Å². The first-order valence-corrected chi connectivity index (χ1v) is 20.2. The normalized spacial score (nSPS) is 18.6. The SMILES string of the molecule is O=C(O)c1cccc2c1OB(O)[C@@H](NC(=O)[C@H](NC(=O)N1CCN(C3CCN(S(=O)(=O)c4cc(F)c(O)c(O)c4Cl)CC3)C1=O)c1ccc(P(=O)(O)O)cc1)C2. The van der Waals surface area contributed by atoms with E-state index in [1.807, 2.05) is 0 Å². The Hall–Kier alpha value is -4.96. The Balaban J connectivity index is 1.15. The number of halogens is 2. The van der Waals surface area contributed by atoms with Gasteiger partial charge in [-0.25, -0.2) is 32.1 Å². The van der Waals surface area contributed by atoms with Crippen LogP contribution in [0, 0.1) is 5.82 Å². The number of imide groups is 1. The van der Waals surface area contributed by atoms with Gasteiger partial charge >= 0.3 is 32.7 Å². The third-order valence-corrected chi connectivity index (χ3v) is 13.1. The van der Waals surface area contributed by atoms with Crippen molar-refractivity contribution in [1.29, 1.82) is 0 Å². The number of rotatable bonds is 9. The van der Waals surface area contributed by atoms with E-state index >= 15 is 0 Å². The molecule has 3 aromatic rings. The molecule has 5 amide bonds. The van der Waals surface area contributed by atoms with Gasteiger partial charge in [0.1, 0.15) is 21.7 Å². The summed E-state index contributed by atoms with van der Waals surface area (Å²) in [5.41, 5.74) is 0.181. The van der Waals surface area contributed by atoms with E-state index in [0.29, 0.717) is 11.6 Å². The molecule has 2 atom stereocenters. The predicted molar refractivity (Wildman–Crippen MR) is 192 cm³/mol. The first-order valence-electron chi connectivity index (χ1n) is 16.7. The van der Waals surface area contributed by atoms with E-state index in [1.54, 1.807) is 6.07 Å². The van der Waals surface area contributed by atoms with Crippen LogP contribution in [-0.2, 0) is 25.8 Å². The molecule has 19 nitrogen and oxygen atoms in total. The number of aromatic carboxylic acids is 1. The summed E-state index contributed by atoms with van der Waals surface area (Å²) in [5, 5.41) is 43.5. The lowest BCUT2D eigenvalue weighted by atomic mass is 9.72. The molecule has 298 valence electrons. The molecule has 0 spiro atoms. The maximum absolute atomic E-state index is 14.1. The number of nitrogens with zero attached hydrogens (tertiary/aromatic N) is 3. The summed E-state index contributed by atoms with van der Waals surface area (Å²) in [5.74, 6) is -7.21. The van der Waals surface area contributed by atoms with Crippen molar-refractivity contribution in [3.63, 3.8) is 0 Å². The van der Waals surface area contributed by atoms with Gasteiger partial charge in [0, 0.05) is 32.2 Å². The second kappa shape index (κ2) is 15.5. The predicted octanol–water partition coefficient (Wildman–Crippen LogP) is 0.873. The molecule has 0 aliphatic carbocycles. The van der Waals surface area contributed by atoms with Gasteiger partial charge in [-0.15, -0.1) is 0 Å². The Morgan fingerprint density at radius 2 is 1.68 bits per heavy atom. The summed E-state index contributed by atoms with van der Waals surface area (Å²) in [6.07, 6.45) is 0.0943. The van der Waals surface area contributed by atoms with Crippen LogP contribution in [0.15, 0.2) is 53.4 Å². The van der Waals surface area contributed by atoms with Crippen LogP contribution in [0.1, 0.15) is 40.4 Å². The fourth-order valence-corrected chi connectivity index (χ4v) is 9.25. The van der Waals surface area contributed by atoms with Crippen molar-refractivity contribution in [2.75, 3.05) is 26.2 Å². The molecule has 0 aromatic heterocycles. The number of fused-ring (bicyclic) bond motifs is 1. The van der Waals surface area contributed by atoms with Gasteiger partial charge in [0.05, 0.1) is 16.8 Å². The molecule has 3 aromatic carbocycles. The van der Waals surface area contributed by atoms with Gasteiger partial charge in [0.25, 0.3) is 0 Å². The van der Waals surface area contributed by atoms with Crippen LogP contribution in [0.2, 0.25) is 5.02 Å². The van der Waals surface area contributed by atoms with Crippen molar-refractivity contribution in [2.45, 2.75) is 42.2 Å². The number of para-hydroxylation sites is 1. The fraction of sp³-hybridized carbons (Fsp3) is 0.312. The molecular weight excluding hydrogens is 807 g/mol. The van der Waals surface area contributed by atoms with E-state index in [-0.39, 0.29) is 67.6 Å². The Morgan fingerprint density at radius 1 is 1.02 bits per heavy atom. The van der Waals surface area contributed by atoms with E-state index in [0.717, 1.165) is 21.3 Å². The largest absolute Gasteiger partial charge is 0.547 e. The summed E-state index contributed by atoms with van der Waals surface area (Å²) in [7, 11) is -10.9. The number of benzene rings is 3. The summed E-state index contributed by atoms with van der Waals surface area (Å²) >= 11 is 5.91. The fourth-order valence-electron chi connectivity index (χ4n) is 6.73. The number of carboxylic acids is 1. The zero-order valence-corrected chi connectivity index (χ0v) is 31.2. The smallest absolute Gasteiger partial charge is 0.534 e. The topological polar surface area (TPSA) is 284 Å². The second-order valence-corrected chi connectivity index (χ2v) is 17.0. The minimum Gasteiger partial charge on any atom is -0.534 e. The summed E-state index contributed by atoms with van der Waals surface area (Å²) < 4.78 is 58.8. The van der Waals surface area contributed by atoms with Crippen molar-refractivity contribution >= 4 is 65.6 Å². The average molecular weight is 840 g/mol. The van der Waals surface area contributed by atoms with Crippen molar-refractivity contribution in [3.05, 3.63) is 76.1 Å². The zero-order chi connectivity index (χ0) is 40.9. The van der Waals surface area contributed by atoms with Gasteiger partial charge in [-0.2, -0.15) is 4.31 Å². The summed E-state index contributed by atoms with van der Waals surface area (Å²) in [6, 6.07) is 5.28. The van der Waals surface area contributed by atoms with Crippen LogP contribution in [0.4, 0.5) is 14.0 Å². The molecular formula is C32H33BClFN5O14PS. The Kier molecular flexibility index (Phi) is 11.3. The van der Waals surface area contributed by atoms with Crippen LogP contribution >= 0.6 is 19.2 Å². The molecule has 0 unspecified atom stereocenters. The van der Waals surface area contributed by atoms with Crippen molar-refractivity contribution in [3.8, 4) is 17.2 Å². The van der Waals surface area contributed by atoms with Gasteiger partial charge in [0.15, 0.2) is 17.3 Å². The third-order valence-electron chi connectivity index (χ3n) is 9.67. The molecule has 6 rings (SSSR count). The molecule has 3 heterocycles. The van der Waals surface area contributed by atoms with Gasteiger partial charge < -0.3 is 50.3 Å². The highest BCUT2D eigenvalue weighted by Crippen LogP contribution is 2.41. The number of nitrogens with one attached hydrogen (secondary N) is 2. The number of piperidine rings is 1. The monoisotopic (exact) mass is 839 g/mol. The number of hydrogen-bond acceptors (Lipinski definition) is 11. The first-order chi connectivity index (χ1) is 26.3. The summed E-state index contributed by atoms with van der Waals surface area (Å²) in [6.45, 7) is -0.430. The van der Waals surface area contributed by atoms with Crippen molar-refractivity contribution in [2.24, 2.45) is 0 Å². The molecule has 0 bridgehead atoms. The zero-order valence-electron chi connectivity index (χ0n) is 28.8. The number of carboxylic acid groups (broad SMARTS) is 1. The molecule has 24 heteroatoms. The molecule has 2 saturated heterocycles. The number of urea groups is 2. The van der Waals surface area contributed by atoms with Gasteiger partial charge in [0.2, 0.25) is 15.9 Å². The molecule has 0 saturated carbocycles.